The Labute approximate surface area is 118 Å². The maximum absolute atomic E-state index is 4.30. The fraction of sp³-hybridized carbons (Fsp3) is 0.154. The second-order valence-electron chi connectivity index (χ2n) is 3.61. The van der Waals surface area contributed by atoms with Crippen LogP contribution < -0.4 is 0 Å². The first kappa shape index (κ1) is 12.0. The van der Waals surface area contributed by atoms with Gasteiger partial charge in [-0.15, -0.1) is 0 Å². The van der Waals surface area contributed by atoms with Crippen molar-refractivity contribution in [1.82, 2.24) is 4.98 Å². The molecule has 1 aromatic rings. The topological polar surface area (TPSA) is 12.9 Å². The summed E-state index contributed by atoms with van der Waals surface area (Å²) in [4.78, 5) is 4.30. The molecule has 1 aromatic heterocycles. The van der Waals surface area contributed by atoms with Crippen molar-refractivity contribution in [3.05, 3.63) is 56.4 Å². The van der Waals surface area contributed by atoms with Crippen molar-refractivity contribution in [1.29, 1.82) is 0 Å². The van der Waals surface area contributed by atoms with Gasteiger partial charge in [-0.2, -0.15) is 0 Å². The minimum absolute atomic E-state index is 0.514. The predicted molar refractivity (Wildman–Crippen MR) is 80.1 cm³/mol. The van der Waals surface area contributed by atoms with E-state index in [9.17, 15) is 0 Å². The third-order valence-corrected chi connectivity index (χ3v) is 3.70. The SMILES string of the molecule is Brc1cnc(I)c(/C=C/C2C=CC=CC2)c1. The van der Waals surface area contributed by atoms with Crippen LogP contribution in [0.3, 0.4) is 0 Å². The van der Waals surface area contributed by atoms with Crippen molar-refractivity contribution in [2.75, 3.05) is 0 Å². The van der Waals surface area contributed by atoms with E-state index >= 15 is 0 Å². The van der Waals surface area contributed by atoms with Crippen LogP contribution in [0.5, 0.6) is 0 Å². The fourth-order valence-electron chi connectivity index (χ4n) is 1.52. The Hall–Kier alpha value is -0.420. The fourth-order valence-corrected chi connectivity index (χ4v) is 2.35. The molecule has 1 heterocycles. The first-order valence-corrected chi connectivity index (χ1v) is 6.95. The average Bonchev–Trinajstić information content (AvgIpc) is 2.32. The normalized spacial score (nSPS) is 19.5. The van der Waals surface area contributed by atoms with Crippen LogP contribution in [-0.4, -0.2) is 4.98 Å². The van der Waals surface area contributed by atoms with E-state index in [-0.39, 0.29) is 0 Å². The molecule has 0 fully saturated rings. The average molecular weight is 388 g/mol. The van der Waals surface area contributed by atoms with Crippen molar-refractivity contribution in [3.8, 4) is 0 Å². The molecule has 1 atom stereocenters. The van der Waals surface area contributed by atoms with Gasteiger partial charge in [0.25, 0.3) is 0 Å². The van der Waals surface area contributed by atoms with Gasteiger partial charge >= 0.3 is 0 Å². The van der Waals surface area contributed by atoms with E-state index < -0.39 is 0 Å². The minimum atomic E-state index is 0.514. The summed E-state index contributed by atoms with van der Waals surface area (Å²) < 4.78 is 2.05. The van der Waals surface area contributed by atoms with Gasteiger partial charge in [0.05, 0.1) is 0 Å². The zero-order chi connectivity index (χ0) is 11.4. The molecular weight excluding hydrogens is 377 g/mol. The molecular formula is C13H11BrIN. The first-order chi connectivity index (χ1) is 7.75. The van der Waals surface area contributed by atoms with Crippen LogP contribution in [0.15, 0.2) is 47.1 Å². The van der Waals surface area contributed by atoms with Gasteiger partial charge < -0.3 is 0 Å². The number of nitrogens with zero attached hydrogens (tertiary/aromatic N) is 1. The molecule has 0 N–H and O–H groups in total. The molecule has 0 saturated carbocycles. The number of aromatic nitrogens is 1. The van der Waals surface area contributed by atoms with Crippen LogP contribution in [0.2, 0.25) is 0 Å². The summed E-state index contributed by atoms with van der Waals surface area (Å²) >= 11 is 5.69. The largest absolute Gasteiger partial charge is 0.249 e. The summed E-state index contributed by atoms with van der Waals surface area (Å²) in [6.07, 6.45) is 15.9. The van der Waals surface area contributed by atoms with Crippen molar-refractivity contribution in [2.24, 2.45) is 5.92 Å². The standard InChI is InChI=1S/C13H11BrIN/c14-12-8-11(13(15)16-9-12)7-6-10-4-2-1-3-5-10/h1-4,6-10H,5H2/b7-6+. The Kier molecular flexibility index (Phi) is 4.35. The van der Waals surface area contributed by atoms with Crippen LogP contribution in [0, 0.1) is 9.62 Å². The highest BCUT2D eigenvalue weighted by Gasteiger charge is 2.02. The monoisotopic (exact) mass is 387 g/mol. The summed E-state index contributed by atoms with van der Waals surface area (Å²) in [5.74, 6) is 0.514. The molecule has 0 amide bonds. The first-order valence-electron chi connectivity index (χ1n) is 5.08. The molecule has 1 aliphatic carbocycles. The number of rotatable bonds is 2. The molecule has 2 rings (SSSR count). The van der Waals surface area contributed by atoms with Crippen LogP contribution in [0.25, 0.3) is 6.08 Å². The number of hydrogen-bond donors (Lipinski definition) is 0. The number of hydrogen-bond acceptors (Lipinski definition) is 1. The lowest BCUT2D eigenvalue weighted by molar-refractivity contribution is 0.826. The Balaban J connectivity index is 2.13. The van der Waals surface area contributed by atoms with E-state index in [0.717, 1.165) is 20.2 Å². The molecule has 0 bridgehead atoms. The Bertz CT molecular complexity index is 463. The zero-order valence-electron chi connectivity index (χ0n) is 8.61. The number of pyridine rings is 1. The Morgan fingerprint density at radius 1 is 1.44 bits per heavy atom. The summed E-state index contributed by atoms with van der Waals surface area (Å²) in [6.45, 7) is 0. The van der Waals surface area contributed by atoms with Crippen molar-refractivity contribution in [2.45, 2.75) is 6.42 Å². The lowest BCUT2D eigenvalue weighted by Crippen LogP contribution is -1.92. The van der Waals surface area contributed by atoms with E-state index in [0.29, 0.717) is 5.92 Å². The maximum atomic E-state index is 4.30. The number of allylic oxidation sites excluding steroid dienone is 5. The van der Waals surface area contributed by atoms with Crippen LogP contribution in [-0.2, 0) is 0 Å². The summed E-state index contributed by atoms with van der Waals surface area (Å²) in [6, 6.07) is 2.09. The molecule has 3 heteroatoms. The second-order valence-corrected chi connectivity index (χ2v) is 5.54. The van der Waals surface area contributed by atoms with E-state index in [4.69, 9.17) is 0 Å². The highest BCUT2D eigenvalue weighted by atomic mass is 127. The molecule has 16 heavy (non-hydrogen) atoms. The summed E-state index contributed by atoms with van der Waals surface area (Å²) in [5.41, 5.74) is 1.16. The highest BCUT2D eigenvalue weighted by Crippen LogP contribution is 2.19. The van der Waals surface area contributed by atoms with Crippen LogP contribution >= 0.6 is 38.5 Å². The molecule has 82 valence electrons. The third-order valence-electron chi connectivity index (χ3n) is 2.37. The maximum Gasteiger partial charge on any atom is 0.108 e. The van der Waals surface area contributed by atoms with Gasteiger partial charge in [0.15, 0.2) is 0 Å². The van der Waals surface area contributed by atoms with E-state index in [1.165, 1.54) is 0 Å². The zero-order valence-corrected chi connectivity index (χ0v) is 12.3. The van der Waals surface area contributed by atoms with Crippen LogP contribution in [0.1, 0.15) is 12.0 Å². The molecule has 0 saturated heterocycles. The van der Waals surface area contributed by atoms with Gasteiger partial charge in [-0.3, -0.25) is 0 Å². The Morgan fingerprint density at radius 2 is 2.31 bits per heavy atom. The van der Waals surface area contributed by atoms with E-state index in [1.54, 1.807) is 0 Å². The van der Waals surface area contributed by atoms with Gasteiger partial charge in [0.1, 0.15) is 3.70 Å². The summed E-state index contributed by atoms with van der Waals surface area (Å²) in [5, 5.41) is 0. The third kappa shape index (κ3) is 3.28. The van der Waals surface area contributed by atoms with E-state index in [2.05, 4.69) is 86.0 Å². The molecule has 1 aliphatic rings. The van der Waals surface area contributed by atoms with E-state index in [1.807, 2.05) is 6.20 Å². The highest BCUT2D eigenvalue weighted by molar-refractivity contribution is 14.1. The van der Waals surface area contributed by atoms with Crippen molar-refractivity contribution in [3.63, 3.8) is 0 Å². The lowest BCUT2D eigenvalue weighted by atomic mass is 10.00. The van der Waals surface area contributed by atoms with Crippen molar-refractivity contribution >= 4 is 44.6 Å². The van der Waals surface area contributed by atoms with Gasteiger partial charge in [0.2, 0.25) is 0 Å². The molecule has 0 spiro atoms. The minimum Gasteiger partial charge on any atom is -0.249 e. The molecule has 1 unspecified atom stereocenters. The molecule has 0 aliphatic heterocycles. The Morgan fingerprint density at radius 3 is 3.06 bits per heavy atom. The van der Waals surface area contributed by atoms with Crippen molar-refractivity contribution < 1.29 is 0 Å². The lowest BCUT2D eigenvalue weighted by Gasteiger charge is -2.07. The van der Waals surface area contributed by atoms with Gasteiger partial charge in [-0.25, -0.2) is 4.98 Å². The smallest absolute Gasteiger partial charge is 0.108 e. The summed E-state index contributed by atoms with van der Waals surface area (Å²) in [7, 11) is 0. The number of halogens is 2. The molecule has 1 nitrogen and oxygen atoms in total. The van der Waals surface area contributed by atoms with Gasteiger partial charge in [-0.1, -0.05) is 36.5 Å². The predicted octanol–water partition coefficient (Wildman–Crippen LogP) is 4.59. The van der Waals surface area contributed by atoms with Gasteiger partial charge in [0, 0.05) is 16.2 Å². The van der Waals surface area contributed by atoms with Gasteiger partial charge in [-0.05, 0) is 56.9 Å². The molecule has 0 radical (unpaired) electrons. The van der Waals surface area contributed by atoms with Crippen LogP contribution in [0.4, 0.5) is 0 Å². The quantitative estimate of drug-likeness (QED) is 0.534. The second kappa shape index (κ2) is 5.77. The molecule has 0 aromatic carbocycles.